The lowest BCUT2D eigenvalue weighted by Gasteiger charge is -2.13. The smallest absolute Gasteiger partial charge is 0.226 e. The molecule has 4 nitrogen and oxygen atoms in total. The van der Waals surface area contributed by atoms with E-state index in [1.807, 2.05) is 18.2 Å². The van der Waals surface area contributed by atoms with Gasteiger partial charge in [0.15, 0.2) is 11.5 Å². The topological polar surface area (TPSA) is 36.9 Å². The van der Waals surface area contributed by atoms with Crippen molar-refractivity contribution in [2.45, 2.75) is 6.29 Å². The van der Waals surface area contributed by atoms with Crippen LogP contribution in [0.1, 0.15) is 11.9 Å². The van der Waals surface area contributed by atoms with E-state index < -0.39 is 6.29 Å². The molecule has 0 radical (unpaired) electrons. The zero-order chi connectivity index (χ0) is 11.5. The van der Waals surface area contributed by atoms with Crippen LogP contribution in [0.3, 0.4) is 0 Å². The van der Waals surface area contributed by atoms with Gasteiger partial charge in [0, 0.05) is 5.56 Å². The van der Waals surface area contributed by atoms with E-state index in [9.17, 15) is 0 Å². The van der Waals surface area contributed by atoms with Gasteiger partial charge in [0.1, 0.15) is 12.4 Å². The summed E-state index contributed by atoms with van der Waals surface area (Å²) in [5.41, 5.74) is 0.885. The Hall–Kier alpha value is -1.68. The molecule has 1 fully saturated rings. The first-order valence-electron chi connectivity index (χ1n) is 4.92. The molecule has 0 spiro atoms. The highest BCUT2D eigenvalue weighted by Gasteiger charge is 2.22. The third-order valence-electron chi connectivity index (χ3n) is 2.35. The first-order chi connectivity index (χ1) is 7.74. The van der Waals surface area contributed by atoms with Crippen LogP contribution < -0.4 is 9.47 Å². The monoisotopic (exact) mass is 222 g/mol. The predicted molar refractivity (Wildman–Crippen MR) is 58.5 cm³/mol. The molecule has 1 aromatic carbocycles. The van der Waals surface area contributed by atoms with Gasteiger partial charge in [-0.05, 0) is 18.2 Å². The van der Waals surface area contributed by atoms with Gasteiger partial charge in [-0.25, -0.2) is 0 Å². The van der Waals surface area contributed by atoms with Crippen molar-refractivity contribution in [3.63, 3.8) is 0 Å². The van der Waals surface area contributed by atoms with Gasteiger partial charge in [0.2, 0.25) is 6.29 Å². The Morgan fingerprint density at radius 1 is 1.25 bits per heavy atom. The van der Waals surface area contributed by atoms with Crippen molar-refractivity contribution in [3.05, 3.63) is 36.1 Å². The van der Waals surface area contributed by atoms with Gasteiger partial charge in [-0.3, -0.25) is 0 Å². The molecule has 1 aliphatic rings. The van der Waals surface area contributed by atoms with Crippen LogP contribution in [-0.4, -0.2) is 20.8 Å². The molecule has 0 aromatic heterocycles. The van der Waals surface area contributed by atoms with Crippen LogP contribution in [0.15, 0.2) is 30.5 Å². The van der Waals surface area contributed by atoms with Gasteiger partial charge in [0.25, 0.3) is 0 Å². The maximum absolute atomic E-state index is 5.41. The lowest BCUT2D eigenvalue weighted by molar-refractivity contribution is -0.0340. The van der Waals surface area contributed by atoms with Crippen LogP contribution in [0.25, 0.3) is 0 Å². The van der Waals surface area contributed by atoms with E-state index in [1.54, 1.807) is 14.2 Å². The van der Waals surface area contributed by atoms with Crippen molar-refractivity contribution in [1.82, 2.24) is 0 Å². The SMILES string of the molecule is C=C1COC(c2ccc(OC)c(OC)c2)O1. The first kappa shape index (κ1) is 10.8. The highest BCUT2D eigenvalue weighted by atomic mass is 16.7. The second kappa shape index (κ2) is 4.45. The third kappa shape index (κ3) is 1.97. The number of rotatable bonds is 3. The van der Waals surface area contributed by atoms with Crippen LogP contribution in [-0.2, 0) is 9.47 Å². The first-order valence-corrected chi connectivity index (χ1v) is 4.92. The average Bonchev–Trinajstić information content (AvgIpc) is 2.75. The highest BCUT2D eigenvalue weighted by molar-refractivity contribution is 5.43. The molecule has 2 rings (SSSR count). The summed E-state index contributed by atoms with van der Waals surface area (Å²) >= 11 is 0. The van der Waals surface area contributed by atoms with Crippen LogP contribution in [0.4, 0.5) is 0 Å². The summed E-state index contributed by atoms with van der Waals surface area (Å²) in [5, 5.41) is 0. The molecule has 0 N–H and O–H groups in total. The number of methoxy groups -OCH3 is 2. The Labute approximate surface area is 94.4 Å². The lowest BCUT2D eigenvalue weighted by Crippen LogP contribution is -1.99. The molecule has 1 heterocycles. The van der Waals surface area contributed by atoms with Gasteiger partial charge < -0.3 is 18.9 Å². The molecule has 0 aliphatic carbocycles. The molecule has 0 amide bonds. The molecule has 86 valence electrons. The summed E-state index contributed by atoms with van der Waals surface area (Å²) in [4.78, 5) is 0. The van der Waals surface area contributed by atoms with E-state index in [4.69, 9.17) is 18.9 Å². The number of benzene rings is 1. The predicted octanol–water partition coefficient (Wildman–Crippen LogP) is 2.26. The minimum absolute atomic E-state index is 0.396. The molecular formula is C12H14O4. The Kier molecular flexibility index (Phi) is 3.01. The van der Waals surface area contributed by atoms with Crippen LogP contribution in [0.5, 0.6) is 11.5 Å². The van der Waals surface area contributed by atoms with E-state index in [1.165, 1.54) is 0 Å². The van der Waals surface area contributed by atoms with Crippen molar-refractivity contribution in [1.29, 1.82) is 0 Å². The fourth-order valence-electron chi connectivity index (χ4n) is 1.55. The zero-order valence-electron chi connectivity index (χ0n) is 9.36. The van der Waals surface area contributed by atoms with E-state index in [2.05, 4.69) is 6.58 Å². The van der Waals surface area contributed by atoms with Crippen molar-refractivity contribution in [3.8, 4) is 11.5 Å². The van der Waals surface area contributed by atoms with Crippen molar-refractivity contribution in [2.75, 3.05) is 20.8 Å². The summed E-state index contributed by atoms with van der Waals surface area (Å²) in [7, 11) is 3.19. The van der Waals surface area contributed by atoms with Crippen molar-refractivity contribution < 1.29 is 18.9 Å². The van der Waals surface area contributed by atoms with Gasteiger partial charge >= 0.3 is 0 Å². The normalized spacial score (nSPS) is 19.4. The average molecular weight is 222 g/mol. The van der Waals surface area contributed by atoms with Crippen molar-refractivity contribution in [2.24, 2.45) is 0 Å². The lowest BCUT2D eigenvalue weighted by atomic mass is 10.2. The summed E-state index contributed by atoms with van der Waals surface area (Å²) in [6.45, 7) is 4.13. The standard InChI is InChI=1S/C12H14O4/c1-8-7-15-12(16-8)9-4-5-10(13-2)11(6-9)14-3/h4-6,12H,1,7H2,2-3H3. The molecule has 1 aromatic rings. The molecule has 16 heavy (non-hydrogen) atoms. The van der Waals surface area contributed by atoms with E-state index in [0.29, 0.717) is 23.9 Å². The Balaban J connectivity index is 2.25. The van der Waals surface area contributed by atoms with E-state index >= 15 is 0 Å². The maximum Gasteiger partial charge on any atom is 0.226 e. The fourth-order valence-corrected chi connectivity index (χ4v) is 1.55. The zero-order valence-corrected chi connectivity index (χ0v) is 9.36. The third-order valence-corrected chi connectivity index (χ3v) is 2.35. The van der Waals surface area contributed by atoms with Gasteiger partial charge in [-0.15, -0.1) is 0 Å². The fraction of sp³-hybridized carbons (Fsp3) is 0.333. The summed E-state index contributed by atoms with van der Waals surface area (Å²) in [5.74, 6) is 1.98. The molecule has 0 saturated carbocycles. The largest absolute Gasteiger partial charge is 0.493 e. The summed E-state index contributed by atoms with van der Waals surface area (Å²) in [6, 6.07) is 5.54. The molecule has 1 saturated heterocycles. The summed E-state index contributed by atoms with van der Waals surface area (Å²) in [6.07, 6.45) is -0.396. The summed E-state index contributed by atoms with van der Waals surface area (Å²) < 4.78 is 21.2. The molecular weight excluding hydrogens is 208 g/mol. The molecule has 1 unspecified atom stereocenters. The molecule has 1 atom stereocenters. The minimum Gasteiger partial charge on any atom is -0.493 e. The maximum atomic E-state index is 5.41. The van der Waals surface area contributed by atoms with Crippen LogP contribution in [0.2, 0.25) is 0 Å². The van der Waals surface area contributed by atoms with Crippen LogP contribution >= 0.6 is 0 Å². The number of ether oxygens (including phenoxy) is 4. The van der Waals surface area contributed by atoms with Crippen LogP contribution in [0, 0.1) is 0 Å². The highest BCUT2D eigenvalue weighted by Crippen LogP contribution is 2.34. The quantitative estimate of drug-likeness (QED) is 0.786. The Morgan fingerprint density at radius 2 is 2.00 bits per heavy atom. The van der Waals surface area contributed by atoms with Gasteiger partial charge in [-0.1, -0.05) is 6.58 Å². The Morgan fingerprint density at radius 3 is 2.56 bits per heavy atom. The second-order valence-electron chi connectivity index (χ2n) is 3.41. The van der Waals surface area contributed by atoms with Crippen molar-refractivity contribution >= 4 is 0 Å². The second-order valence-corrected chi connectivity index (χ2v) is 3.41. The van der Waals surface area contributed by atoms with Gasteiger partial charge in [0.05, 0.1) is 14.2 Å². The Bertz CT molecular complexity index is 400. The van der Waals surface area contributed by atoms with E-state index in [0.717, 1.165) is 5.56 Å². The molecule has 0 bridgehead atoms. The minimum atomic E-state index is -0.396. The van der Waals surface area contributed by atoms with E-state index in [-0.39, 0.29) is 0 Å². The molecule has 1 aliphatic heterocycles. The molecule has 4 heteroatoms. The van der Waals surface area contributed by atoms with Gasteiger partial charge in [-0.2, -0.15) is 0 Å². The number of hydrogen-bond donors (Lipinski definition) is 0. The number of hydrogen-bond acceptors (Lipinski definition) is 4.